The summed E-state index contributed by atoms with van der Waals surface area (Å²) in [5, 5.41) is 18.5. The molecular formula is C28H30ClFN4O3. The Hall–Kier alpha value is -3.28. The predicted molar refractivity (Wildman–Crippen MR) is 141 cm³/mol. The summed E-state index contributed by atoms with van der Waals surface area (Å²) in [6, 6.07) is 4.66. The van der Waals surface area contributed by atoms with Crippen LogP contribution in [0.2, 0.25) is 5.02 Å². The third-order valence-electron chi connectivity index (χ3n) is 6.86. The first kappa shape index (κ1) is 26.8. The molecule has 2 aromatic heterocycles. The Morgan fingerprint density at radius 1 is 1.32 bits per heavy atom. The molecule has 2 atom stereocenters. The van der Waals surface area contributed by atoms with Gasteiger partial charge >= 0.3 is 0 Å². The summed E-state index contributed by atoms with van der Waals surface area (Å²) in [7, 11) is 1.65. The highest BCUT2D eigenvalue weighted by Crippen LogP contribution is 2.37. The van der Waals surface area contributed by atoms with Gasteiger partial charge in [0, 0.05) is 36.5 Å². The van der Waals surface area contributed by atoms with Crippen LogP contribution in [0.5, 0.6) is 0 Å². The topological polar surface area (TPSA) is 97.1 Å². The molecule has 0 radical (unpaired) electrons. The summed E-state index contributed by atoms with van der Waals surface area (Å²) in [4.78, 5) is 29.2. The zero-order chi connectivity index (χ0) is 26.9. The Bertz CT molecular complexity index is 1400. The standard InChI is InChI=1S/C28H30ClFN4O3/c1-5-7-19(35)11-16-8-6-9-17(10-16)27(36)32-24-14-20(22(29)15-31-24)18-12-21-25(23(30)13-18)33-34(4)26(21)28(2,3)37/h1,12-17,37H,6-11H2,2-4H3,(H,31,32,36)/t16-,17+/m1/s1. The van der Waals surface area contributed by atoms with Gasteiger partial charge in [0.15, 0.2) is 5.82 Å². The average molecular weight is 525 g/mol. The molecule has 0 aliphatic heterocycles. The van der Waals surface area contributed by atoms with E-state index in [4.69, 9.17) is 18.0 Å². The maximum Gasteiger partial charge on any atom is 0.228 e. The van der Waals surface area contributed by atoms with Gasteiger partial charge < -0.3 is 10.4 Å². The number of hydrogen-bond acceptors (Lipinski definition) is 5. The minimum absolute atomic E-state index is 0.0307. The SMILES string of the molecule is C#CCC(=O)C[C@@H]1CCC[C@H](C(=O)Nc2cc(-c3cc(F)c4nn(C)c(C(C)(C)O)c4c3)c(Cl)cn2)C1. The van der Waals surface area contributed by atoms with Crippen molar-refractivity contribution in [1.82, 2.24) is 14.8 Å². The molecule has 0 saturated heterocycles. The van der Waals surface area contributed by atoms with Crippen molar-refractivity contribution in [1.29, 1.82) is 0 Å². The van der Waals surface area contributed by atoms with Crippen molar-refractivity contribution in [2.75, 3.05) is 5.32 Å². The molecule has 0 spiro atoms. The number of Topliss-reactive ketones (excluding diaryl/α,β-unsaturated/α-hetero) is 1. The number of aromatic nitrogens is 3. The van der Waals surface area contributed by atoms with Crippen LogP contribution in [0, 0.1) is 30.0 Å². The van der Waals surface area contributed by atoms with Crippen LogP contribution in [-0.4, -0.2) is 31.6 Å². The molecule has 2 heterocycles. The summed E-state index contributed by atoms with van der Waals surface area (Å²) in [5.74, 6) is 1.88. The van der Waals surface area contributed by atoms with Crippen LogP contribution in [0.15, 0.2) is 24.4 Å². The number of hydrogen-bond donors (Lipinski definition) is 2. The fourth-order valence-electron chi connectivity index (χ4n) is 5.32. The molecule has 1 aromatic carbocycles. The molecule has 1 amide bonds. The van der Waals surface area contributed by atoms with Gasteiger partial charge in [-0.1, -0.05) is 23.9 Å². The fourth-order valence-corrected chi connectivity index (χ4v) is 5.53. The van der Waals surface area contributed by atoms with Crippen LogP contribution in [0.4, 0.5) is 10.2 Å². The highest BCUT2D eigenvalue weighted by Gasteiger charge is 2.29. The van der Waals surface area contributed by atoms with Gasteiger partial charge in [0.05, 0.1) is 17.1 Å². The van der Waals surface area contributed by atoms with Crippen LogP contribution in [-0.2, 0) is 22.2 Å². The van der Waals surface area contributed by atoms with Crippen LogP contribution in [0.3, 0.4) is 0 Å². The smallest absolute Gasteiger partial charge is 0.228 e. The number of amides is 1. The molecule has 1 fully saturated rings. The molecule has 7 nitrogen and oxygen atoms in total. The molecular weight excluding hydrogens is 495 g/mol. The van der Waals surface area contributed by atoms with Crippen molar-refractivity contribution in [2.24, 2.45) is 18.9 Å². The Morgan fingerprint density at radius 3 is 2.78 bits per heavy atom. The summed E-state index contributed by atoms with van der Waals surface area (Å²) >= 11 is 6.43. The number of nitrogens with zero attached hydrogens (tertiary/aromatic N) is 3. The number of halogens is 2. The van der Waals surface area contributed by atoms with Crippen molar-refractivity contribution in [2.45, 2.75) is 58.0 Å². The quantitative estimate of drug-likeness (QED) is 0.404. The number of anilines is 1. The summed E-state index contributed by atoms with van der Waals surface area (Å²) in [6.45, 7) is 3.23. The van der Waals surface area contributed by atoms with Gasteiger partial charge in [-0.2, -0.15) is 5.10 Å². The minimum Gasteiger partial charge on any atom is -0.384 e. The van der Waals surface area contributed by atoms with Gasteiger partial charge in [0.25, 0.3) is 0 Å². The maximum atomic E-state index is 15.1. The van der Waals surface area contributed by atoms with E-state index < -0.39 is 11.4 Å². The van der Waals surface area contributed by atoms with Crippen LogP contribution >= 0.6 is 11.6 Å². The van der Waals surface area contributed by atoms with E-state index in [1.807, 2.05) is 0 Å². The summed E-state index contributed by atoms with van der Waals surface area (Å²) < 4.78 is 16.5. The van der Waals surface area contributed by atoms with Crippen LogP contribution < -0.4 is 5.32 Å². The molecule has 1 aliphatic carbocycles. The monoisotopic (exact) mass is 524 g/mol. The van der Waals surface area contributed by atoms with Crippen molar-refractivity contribution < 1.29 is 19.1 Å². The van der Waals surface area contributed by atoms with Crippen molar-refractivity contribution in [3.05, 3.63) is 40.9 Å². The van der Waals surface area contributed by atoms with E-state index in [1.165, 1.54) is 16.9 Å². The highest BCUT2D eigenvalue weighted by atomic mass is 35.5. The lowest BCUT2D eigenvalue weighted by molar-refractivity contribution is -0.123. The number of aryl methyl sites for hydroxylation is 1. The van der Waals surface area contributed by atoms with Crippen LogP contribution in [0.1, 0.15) is 58.1 Å². The Morgan fingerprint density at radius 2 is 2.08 bits per heavy atom. The third-order valence-corrected chi connectivity index (χ3v) is 7.16. The molecule has 0 bridgehead atoms. The van der Waals surface area contributed by atoms with Crippen molar-refractivity contribution in [3.8, 4) is 23.5 Å². The average Bonchev–Trinajstić information content (AvgIpc) is 3.17. The van der Waals surface area contributed by atoms with E-state index in [0.29, 0.717) is 40.9 Å². The molecule has 9 heteroatoms. The van der Waals surface area contributed by atoms with Gasteiger partial charge in [0.1, 0.15) is 22.7 Å². The van der Waals surface area contributed by atoms with E-state index in [9.17, 15) is 14.7 Å². The molecule has 2 N–H and O–H groups in total. The summed E-state index contributed by atoms with van der Waals surface area (Å²) in [5.41, 5.74) is 0.319. The Labute approximate surface area is 220 Å². The van der Waals surface area contributed by atoms with Gasteiger partial charge in [-0.3, -0.25) is 14.3 Å². The number of nitrogens with one attached hydrogen (secondary N) is 1. The van der Waals surface area contributed by atoms with E-state index in [2.05, 4.69) is 21.3 Å². The van der Waals surface area contributed by atoms with Crippen molar-refractivity contribution in [3.63, 3.8) is 0 Å². The molecule has 4 rings (SSSR count). The van der Waals surface area contributed by atoms with E-state index in [1.54, 1.807) is 33.0 Å². The second-order valence-electron chi connectivity index (χ2n) is 10.3. The first-order valence-corrected chi connectivity index (χ1v) is 12.7. The number of rotatable bonds is 7. The lowest BCUT2D eigenvalue weighted by Crippen LogP contribution is -2.29. The number of benzene rings is 1. The maximum absolute atomic E-state index is 15.1. The van der Waals surface area contributed by atoms with Crippen molar-refractivity contribution >= 4 is 40.0 Å². The number of pyridine rings is 1. The zero-order valence-corrected chi connectivity index (χ0v) is 21.9. The lowest BCUT2D eigenvalue weighted by atomic mass is 9.78. The summed E-state index contributed by atoms with van der Waals surface area (Å²) in [6.07, 6.45) is 10.3. The lowest BCUT2D eigenvalue weighted by Gasteiger charge is -2.27. The second-order valence-corrected chi connectivity index (χ2v) is 10.7. The largest absolute Gasteiger partial charge is 0.384 e. The molecule has 37 heavy (non-hydrogen) atoms. The zero-order valence-electron chi connectivity index (χ0n) is 21.1. The van der Waals surface area contributed by atoms with Gasteiger partial charge in [0.2, 0.25) is 5.91 Å². The molecule has 194 valence electrons. The normalized spacial score (nSPS) is 18.0. The minimum atomic E-state index is -1.25. The molecule has 3 aromatic rings. The second kappa shape index (κ2) is 10.6. The first-order valence-electron chi connectivity index (χ1n) is 12.3. The number of carbonyl (C=O) groups is 2. The molecule has 1 saturated carbocycles. The fraction of sp³-hybridized carbons (Fsp3) is 0.429. The van der Waals surface area contributed by atoms with E-state index in [-0.39, 0.29) is 40.5 Å². The first-order chi connectivity index (χ1) is 17.5. The van der Waals surface area contributed by atoms with Gasteiger partial charge in [-0.25, -0.2) is 9.37 Å². The Kier molecular flexibility index (Phi) is 7.67. The molecule has 0 unspecified atom stereocenters. The highest BCUT2D eigenvalue weighted by molar-refractivity contribution is 6.33. The number of ketones is 1. The number of terminal acetylenes is 1. The van der Waals surface area contributed by atoms with E-state index >= 15 is 4.39 Å². The third kappa shape index (κ3) is 5.84. The van der Waals surface area contributed by atoms with Gasteiger partial charge in [-0.05, 0) is 62.8 Å². The number of fused-ring (bicyclic) bond motifs is 1. The number of aliphatic hydroxyl groups is 1. The molecule has 1 aliphatic rings. The predicted octanol–water partition coefficient (Wildman–Crippen LogP) is 5.38. The van der Waals surface area contributed by atoms with Gasteiger partial charge in [-0.15, -0.1) is 6.42 Å². The van der Waals surface area contributed by atoms with E-state index in [0.717, 1.165) is 19.3 Å². The number of carbonyl (C=O) groups excluding carboxylic acids is 2. The Balaban J connectivity index is 1.59. The van der Waals surface area contributed by atoms with Crippen LogP contribution in [0.25, 0.3) is 22.0 Å².